The molecule has 2 heterocycles. The maximum atomic E-state index is 12.6. The molecule has 1 aliphatic rings. The molecule has 7 nitrogen and oxygen atoms in total. The number of hydrogen-bond donors (Lipinski definition) is 1. The van der Waals surface area contributed by atoms with Crippen LogP contribution in [0.1, 0.15) is 5.69 Å². The topological polar surface area (TPSA) is 86.9 Å². The van der Waals surface area contributed by atoms with E-state index in [4.69, 9.17) is 4.52 Å². The number of hydrogen-bond acceptors (Lipinski definition) is 6. The molecule has 1 saturated heterocycles. The molecule has 0 saturated carbocycles. The van der Waals surface area contributed by atoms with E-state index in [1.165, 1.54) is 10.6 Å². The molecule has 0 spiro atoms. The van der Waals surface area contributed by atoms with Gasteiger partial charge in [0.05, 0.1) is 22.7 Å². The minimum atomic E-state index is -3.59. The summed E-state index contributed by atoms with van der Waals surface area (Å²) in [5.74, 6) is 0. The summed E-state index contributed by atoms with van der Waals surface area (Å²) in [6.07, 6.45) is 0.742. The van der Waals surface area contributed by atoms with Crippen molar-refractivity contribution in [3.8, 4) is 0 Å². The molecule has 23 heavy (non-hydrogen) atoms. The highest BCUT2D eigenvalue weighted by atomic mass is 32.2. The second-order valence-corrected chi connectivity index (χ2v) is 7.61. The second kappa shape index (κ2) is 6.40. The Labute approximate surface area is 135 Å². The van der Waals surface area contributed by atoms with Crippen molar-refractivity contribution in [3.05, 3.63) is 48.4 Å². The number of aromatic nitrogens is 1. The van der Waals surface area contributed by atoms with Crippen molar-refractivity contribution in [2.24, 2.45) is 0 Å². The molecule has 0 bridgehead atoms. The smallest absolute Gasteiger partial charge is 0.243 e. The van der Waals surface area contributed by atoms with Gasteiger partial charge in [0.2, 0.25) is 10.0 Å². The van der Waals surface area contributed by atoms with E-state index in [2.05, 4.69) is 5.16 Å². The monoisotopic (exact) mass is 337 g/mol. The zero-order chi connectivity index (χ0) is 16.4. The van der Waals surface area contributed by atoms with Crippen LogP contribution in [0.5, 0.6) is 0 Å². The molecule has 0 radical (unpaired) electrons. The zero-order valence-electron chi connectivity index (χ0n) is 12.7. The van der Waals surface area contributed by atoms with Gasteiger partial charge in [-0.2, -0.15) is 4.31 Å². The van der Waals surface area contributed by atoms with Crippen LogP contribution in [0.25, 0.3) is 0 Å². The fraction of sp³-hybridized carbons (Fsp3) is 0.400. The van der Waals surface area contributed by atoms with Crippen molar-refractivity contribution in [1.82, 2.24) is 14.4 Å². The van der Waals surface area contributed by atoms with Crippen LogP contribution in [0.4, 0.5) is 0 Å². The van der Waals surface area contributed by atoms with Crippen LogP contribution in [-0.2, 0) is 16.6 Å². The molecule has 1 aliphatic heterocycles. The van der Waals surface area contributed by atoms with Gasteiger partial charge in [-0.1, -0.05) is 23.4 Å². The number of aliphatic hydroxyl groups excluding tert-OH is 1. The Hall–Kier alpha value is -1.74. The Kier molecular flexibility index (Phi) is 4.49. The van der Waals surface area contributed by atoms with Crippen molar-refractivity contribution < 1.29 is 18.0 Å². The quantitative estimate of drug-likeness (QED) is 0.857. The van der Waals surface area contributed by atoms with E-state index in [0.29, 0.717) is 6.54 Å². The van der Waals surface area contributed by atoms with Crippen LogP contribution in [0.3, 0.4) is 0 Å². The first-order valence-corrected chi connectivity index (χ1v) is 8.75. The third-order valence-electron chi connectivity index (χ3n) is 4.08. The van der Waals surface area contributed by atoms with Gasteiger partial charge in [-0.3, -0.25) is 4.90 Å². The highest BCUT2D eigenvalue weighted by molar-refractivity contribution is 7.89. The number of rotatable bonds is 5. The normalized spacial score (nSPS) is 22.7. The number of nitrogens with zero attached hydrogens (tertiary/aromatic N) is 3. The molecule has 8 heteroatoms. The predicted octanol–water partition coefficient (Wildman–Crippen LogP) is 0.540. The first kappa shape index (κ1) is 16.1. The average molecular weight is 337 g/mol. The van der Waals surface area contributed by atoms with Gasteiger partial charge in [0.25, 0.3) is 0 Å². The Balaban J connectivity index is 1.73. The number of β-amino-alcohol motifs (C(OH)–C–C–N with tert-alkyl or cyclic N) is 1. The fourth-order valence-corrected chi connectivity index (χ4v) is 4.30. The summed E-state index contributed by atoms with van der Waals surface area (Å²) in [5, 5.41) is 14.1. The lowest BCUT2D eigenvalue weighted by molar-refractivity contribution is 0.0940. The molecule has 124 valence electrons. The molecule has 1 aromatic carbocycles. The lowest BCUT2D eigenvalue weighted by Crippen LogP contribution is -2.40. The summed E-state index contributed by atoms with van der Waals surface area (Å²) < 4.78 is 31.4. The summed E-state index contributed by atoms with van der Waals surface area (Å²) in [6, 6.07) is 9.73. The third-order valence-corrected chi connectivity index (χ3v) is 5.92. The largest absolute Gasteiger partial charge is 0.390 e. The fourth-order valence-electron chi connectivity index (χ4n) is 2.80. The van der Waals surface area contributed by atoms with Gasteiger partial charge in [-0.25, -0.2) is 8.42 Å². The van der Waals surface area contributed by atoms with E-state index in [0.717, 1.165) is 5.69 Å². The first-order valence-electron chi connectivity index (χ1n) is 7.31. The van der Waals surface area contributed by atoms with Crippen LogP contribution < -0.4 is 0 Å². The van der Waals surface area contributed by atoms with Crippen LogP contribution in [0.15, 0.2) is 52.1 Å². The van der Waals surface area contributed by atoms with E-state index < -0.39 is 16.1 Å². The van der Waals surface area contributed by atoms with Crippen LogP contribution in [0.2, 0.25) is 0 Å². The molecule has 0 amide bonds. The van der Waals surface area contributed by atoms with E-state index in [1.54, 1.807) is 36.4 Å². The Bertz CT molecular complexity index is 733. The van der Waals surface area contributed by atoms with Crippen LogP contribution >= 0.6 is 0 Å². The Morgan fingerprint density at radius 2 is 2.04 bits per heavy atom. The van der Waals surface area contributed by atoms with Crippen molar-refractivity contribution in [2.75, 3.05) is 20.1 Å². The number of likely N-dealkylation sites (N-methyl/N-ethyl adjacent to an activating group) is 1. The zero-order valence-corrected chi connectivity index (χ0v) is 13.6. The minimum Gasteiger partial charge on any atom is -0.390 e. The molecule has 2 aromatic rings. The van der Waals surface area contributed by atoms with E-state index in [9.17, 15) is 13.5 Å². The molecule has 3 rings (SSSR count). The molecule has 0 aliphatic carbocycles. The Morgan fingerprint density at radius 3 is 2.70 bits per heavy atom. The molecular formula is C15H19N3O4S. The second-order valence-electron chi connectivity index (χ2n) is 5.68. The lowest BCUT2D eigenvalue weighted by atomic mass is 10.2. The molecule has 1 aromatic heterocycles. The number of sulfonamides is 1. The van der Waals surface area contributed by atoms with E-state index in [1.807, 2.05) is 11.9 Å². The molecule has 2 atom stereocenters. The maximum Gasteiger partial charge on any atom is 0.243 e. The SMILES string of the molecule is CN(Cc1ccon1)[C@H]1CN(S(=O)(=O)c2ccccc2)C[C@@H]1O. The maximum absolute atomic E-state index is 12.6. The van der Waals surface area contributed by atoms with E-state index >= 15 is 0 Å². The van der Waals surface area contributed by atoms with Gasteiger partial charge in [0, 0.05) is 25.7 Å². The average Bonchev–Trinajstić information content (AvgIpc) is 3.18. The standard InChI is InChI=1S/C15H19N3O4S/c1-17(9-12-7-8-22-16-12)14-10-18(11-15(14)19)23(20,21)13-5-3-2-4-6-13/h2-8,14-15,19H,9-11H2,1H3/t14-,15-/m0/s1. The molecule has 1 fully saturated rings. The summed E-state index contributed by atoms with van der Waals surface area (Å²) in [6.45, 7) is 0.815. The summed E-state index contributed by atoms with van der Waals surface area (Å²) in [7, 11) is -1.75. The van der Waals surface area contributed by atoms with Gasteiger partial charge >= 0.3 is 0 Å². The summed E-state index contributed by atoms with van der Waals surface area (Å²) >= 11 is 0. The van der Waals surface area contributed by atoms with Crippen molar-refractivity contribution >= 4 is 10.0 Å². The van der Waals surface area contributed by atoms with Gasteiger partial charge in [0.1, 0.15) is 6.26 Å². The highest BCUT2D eigenvalue weighted by Gasteiger charge is 2.40. The Morgan fingerprint density at radius 1 is 1.30 bits per heavy atom. The molecular weight excluding hydrogens is 318 g/mol. The van der Waals surface area contributed by atoms with Crippen molar-refractivity contribution in [2.45, 2.75) is 23.6 Å². The minimum absolute atomic E-state index is 0.0883. The van der Waals surface area contributed by atoms with Crippen molar-refractivity contribution in [1.29, 1.82) is 0 Å². The number of aliphatic hydroxyl groups is 1. The first-order chi connectivity index (χ1) is 11.0. The van der Waals surface area contributed by atoms with E-state index in [-0.39, 0.29) is 24.0 Å². The van der Waals surface area contributed by atoms with Gasteiger partial charge < -0.3 is 9.63 Å². The summed E-state index contributed by atoms with van der Waals surface area (Å²) in [5.41, 5.74) is 0.740. The number of benzene rings is 1. The third kappa shape index (κ3) is 3.30. The summed E-state index contributed by atoms with van der Waals surface area (Å²) in [4.78, 5) is 2.13. The van der Waals surface area contributed by atoms with Crippen LogP contribution in [-0.4, -0.2) is 60.2 Å². The predicted molar refractivity (Wildman–Crippen MR) is 83.0 cm³/mol. The highest BCUT2D eigenvalue weighted by Crippen LogP contribution is 2.24. The molecule has 1 N–H and O–H groups in total. The van der Waals surface area contributed by atoms with Crippen LogP contribution in [0, 0.1) is 0 Å². The lowest BCUT2D eigenvalue weighted by Gasteiger charge is -2.25. The van der Waals surface area contributed by atoms with Gasteiger partial charge in [-0.05, 0) is 19.2 Å². The van der Waals surface area contributed by atoms with Gasteiger partial charge in [-0.15, -0.1) is 0 Å². The van der Waals surface area contributed by atoms with Crippen molar-refractivity contribution in [3.63, 3.8) is 0 Å². The molecule has 0 unspecified atom stereocenters. The van der Waals surface area contributed by atoms with Gasteiger partial charge in [0.15, 0.2) is 0 Å².